The van der Waals surface area contributed by atoms with E-state index in [4.69, 9.17) is 9.47 Å². The van der Waals surface area contributed by atoms with Crippen molar-refractivity contribution in [1.82, 2.24) is 9.78 Å². The van der Waals surface area contributed by atoms with Crippen LogP contribution in [0.25, 0.3) is 11.3 Å². The second-order valence-electron chi connectivity index (χ2n) is 6.47. The zero-order valence-electron chi connectivity index (χ0n) is 13.9. The minimum atomic E-state index is -0.511. The molecule has 122 valence electrons. The highest BCUT2D eigenvalue weighted by Gasteiger charge is 2.30. The summed E-state index contributed by atoms with van der Waals surface area (Å²) in [7, 11) is 1.64. The van der Waals surface area contributed by atoms with Gasteiger partial charge in [0.1, 0.15) is 17.2 Å². The highest BCUT2D eigenvalue weighted by Crippen LogP contribution is 2.30. The van der Waals surface area contributed by atoms with E-state index in [-0.39, 0.29) is 6.09 Å². The van der Waals surface area contributed by atoms with Gasteiger partial charge >= 0.3 is 6.09 Å². The number of anilines is 1. The third-order valence-corrected chi connectivity index (χ3v) is 3.57. The van der Waals surface area contributed by atoms with Crippen LogP contribution in [-0.4, -0.2) is 35.1 Å². The molecule has 0 N–H and O–H groups in total. The van der Waals surface area contributed by atoms with Crippen LogP contribution in [0.3, 0.4) is 0 Å². The van der Waals surface area contributed by atoms with Crippen molar-refractivity contribution in [1.29, 1.82) is 0 Å². The minimum Gasteiger partial charge on any atom is -0.497 e. The Kier molecular flexibility index (Phi) is 3.75. The lowest BCUT2D eigenvalue weighted by molar-refractivity contribution is 0.0584. The molecule has 0 saturated heterocycles. The number of amides is 1. The molecule has 6 nitrogen and oxygen atoms in total. The second kappa shape index (κ2) is 5.61. The Bertz CT molecular complexity index is 714. The third-order valence-electron chi connectivity index (χ3n) is 3.57. The molecule has 1 aromatic carbocycles. The summed E-state index contributed by atoms with van der Waals surface area (Å²) in [5.41, 5.74) is 1.30. The molecule has 1 aromatic heterocycles. The fourth-order valence-corrected chi connectivity index (χ4v) is 2.50. The van der Waals surface area contributed by atoms with Gasteiger partial charge in [0.2, 0.25) is 0 Å². The van der Waals surface area contributed by atoms with Gasteiger partial charge in [-0.15, -0.1) is 0 Å². The lowest BCUT2D eigenvalue weighted by atomic mass is 10.1. The molecule has 2 aromatic rings. The maximum Gasteiger partial charge on any atom is 0.416 e. The van der Waals surface area contributed by atoms with Crippen molar-refractivity contribution in [2.45, 2.75) is 32.9 Å². The molecular formula is C17H21N3O3. The van der Waals surface area contributed by atoms with Crippen LogP contribution in [0.5, 0.6) is 5.75 Å². The van der Waals surface area contributed by atoms with Crippen LogP contribution < -0.4 is 9.64 Å². The van der Waals surface area contributed by atoms with E-state index in [1.54, 1.807) is 12.0 Å². The van der Waals surface area contributed by atoms with Crippen molar-refractivity contribution in [3.8, 4) is 17.0 Å². The maximum absolute atomic E-state index is 12.3. The first-order chi connectivity index (χ1) is 10.9. The van der Waals surface area contributed by atoms with Crippen LogP contribution in [-0.2, 0) is 11.3 Å². The molecule has 1 amide bonds. The highest BCUT2D eigenvalue weighted by molar-refractivity contribution is 5.88. The fraction of sp³-hybridized carbons (Fsp3) is 0.412. The number of rotatable bonds is 2. The zero-order valence-corrected chi connectivity index (χ0v) is 13.9. The number of aromatic nitrogens is 2. The second-order valence-corrected chi connectivity index (χ2v) is 6.47. The topological polar surface area (TPSA) is 56.6 Å². The summed E-state index contributed by atoms with van der Waals surface area (Å²) in [6.07, 6.45) is -0.336. The summed E-state index contributed by atoms with van der Waals surface area (Å²) in [4.78, 5) is 13.9. The van der Waals surface area contributed by atoms with E-state index >= 15 is 0 Å². The molecule has 0 radical (unpaired) electrons. The lowest BCUT2D eigenvalue weighted by Crippen LogP contribution is -2.35. The Balaban J connectivity index is 1.84. The SMILES string of the molecule is COc1ccc(-c2cc3n(n2)CCN3C(=O)OC(C)(C)C)cc1. The maximum atomic E-state index is 12.3. The minimum absolute atomic E-state index is 0.336. The molecule has 0 spiro atoms. The normalized spacial score (nSPS) is 13.8. The van der Waals surface area contributed by atoms with Crippen LogP contribution >= 0.6 is 0 Å². The van der Waals surface area contributed by atoms with Gasteiger partial charge in [-0.25, -0.2) is 9.48 Å². The molecule has 2 heterocycles. The predicted octanol–water partition coefficient (Wildman–Crippen LogP) is 3.31. The smallest absolute Gasteiger partial charge is 0.416 e. The quantitative estimate of drug-likeness (QED) is 0.853. The molecule has 0 saturated carbocycles. The van der Waals surface area contributed by atoms with Crippen molar-refractivity contribution in [3.05, 3.63) is 30.3 Å². The van der Waals surface area contributed by atoms with E-state index in [0.717, 1.165) is 22.8 Å². The molecule has 0 unspecified atom stereocenters. The van der Waals surface area contributed by atoms with Crippen molar-refractivity contribution in [3.63, 3.8) is 0 Å². The van der Waals surface area contributed by atoms with Crippen LogP contribution in [0, 0.1) is 0 Å². The number of ether oxygens (including phenoxy) is 2. The summed E-state index contributed by atoms with van der Waals surface area (Å²) in [6, 6.07) is 9.61. The van der Waals surface area contributed by atoms with Gasteiger partial charge in [0.25, 0.3) is 0 Å². The van der Waals surface area contributed by atoms with Crippen molar-refractivity contribution in [2.75, 3.05) is 18.6 Å². The molecule has 23 heavy (non-hydrogen) atoms. The number of methoxy groups -OCH3 is 1. The Morgan fingerprint density at radius 2 is 1.87 bits per heavy atom. The van der Waals surface area contributed by atoms with Gasteiger partial charge < -0.3 is 9.47 Å². The largest absolute Gasteiger partial charge is 0.497 e. The monoisotopic (exact) mass is 315 g/mol. The van der Waals surface area contributed by atoms with E-state index in [1.807, 2.05) is 55.8 Å². The average Bonchev–Trinajstić information content (AvgIpc) is 3.05. The van der Waals surface area contributed by atoms with Gasteiger partial charge in [-0.3, -0.25) is 4.90 Å². The molecule has 0 bridgehead atoms. The summed E-state index contributed by atoms with van der Waals surface area (Å²) in [5, 5.41) is 4.57. The standard InChI is InChI=1S/C17H21N3O3/c1-17(2,3)23-16(21)19-9-10-20-15(19)11-14(18-20)12-5-7-13(22-4)8-6-12/h5-8,11H,9-10H2,1-4H3. The van der Waals surface area contributed by atoms with Crippen LogP contribution in [0.1, 0.15) is 20.8 Å². The molecule has 1 aliphatic heterocycles. The molecule has 3 rings (SSSR count). The van der Waals surface area contributed by atoms with E-state index in [2.05, 4.69) is 5.10 Å². The number of carbonyl (C=O) groups is 1. The summed E-state index contributed by atoms with van der Waals surface area (Å²) in [5.74, 6) is 1.57. The number of hydrogen-bond acceptors (Lipinski definition) is 4. The molecule has 0 atom stereocenters. The summed E-state index contributed by atoms with van der Waals surface area (Å²) in [6.45, 7) is 6.84. The van der Waals surface area contributed by atoms with Crippen molar-refractivity contribution in [2.24, 2.45) is 0 Å². The Morgan fingerprint density at radius 1 is 1.17 bits per heavy atom. The van der Waals surface area contributed by atoms with Gasteiger partial charge in [0, 0.05) is 11.6 Å². The number of hydrogen-bond donors (Lipinski definition) is 0. The number of nitrogens with zero attached hydrogens (tertiary/aromatic N) is 3. The first-order valence-electron chi connectivity index (χ1n) is 7.60. The van der Waals surface area contributed by atoms with Crippen LogP contribution in [0.2, 0.25) is 0 Å². The first-order valence-corrected chi connectivity index (χ1v) is 7.60. The van der Waals surface area contributed by atoms with Gasteiger partial charge in [-0.2, -0.15) is 5.10 Å². The first kappa shape index (κ1) is 15.4. The molecule has 1 aliphatic rings. The van der Waals surface area contributed by atoms with Gasteiger partial charge in [-0.1, -0.05) is 0 Å². The lowest BCUT2D eigenvalue weighted by Gasteiger charge is -2.23. The Morgan fingerprint density at radius 3 is 2.48 bits per heavy atom. The van der Waals surface area contributed by atoms with Gasteiger partial charge in [0.15, 0.2) is 0 Å². The third kappa shape index (κ3) is 3.16. The zero-order chi connectivity index (χ0) is 16.6. The highest BCUT2D eigenvalue weighted by atomic mass is 16.6. The van der Waals surface area contributed by atoms with Crippen LogP contribution in [0.15, 0.2) is 30.3 Å². The van der Waals surface area contributed by atoms with Gasteiger partial charge in [0.05, 0.1) is 25.9 Å². The molecule has 0 aliphatic carbocycles. The predicted molar refractivity (Wildman–Crippen MR) is 87.8 cm³/mol. The van der Waals surface area contributed by atoms with Gasteiger partial charge in [-0.05, 0) is 45.0 Å². The Labute approximate surface area is 135 Å². The summed E-state index contributed by atoms with van der Waals surface area (Å²) >= 11 is 0. The van der Waals surface area contributed by atoms with E-state index in [1.165, 1.54) is 0 Å². The van der Waals surface area contributed by atoms with Crippen molar-refractivity contribution >= 4 is 11.9 Å². The number of fused-ring (bicyclic) bond motifs is 1. The fourth-order valence-electron chi connectivity index (χ4n) is 2.50. The van der Waals surface area contributed by atoms with E-state index < -0.39 is 5.60 Å². The van der Waals surface area contributed by atoms with Crippen LogP contribution in [0.4, 0.5) is 10.6 Å². The summed E-state index contributed by atoms with van der Waals surface area (Å²) < 4.78 is 12.5. The Hall–Kier alpha value is -2.50. The van der Waals surface area contributed by atoms with Crippen molar-refractivity contribution < 1.29 is 14.3 Å². The molecular weight excluding hydrogens is 294 g/mol. The number of carbonyl (C=O) groups excluding carboxylic acids is 1. The average molecular weight is 315 g/mol. The molecule has 0 fully saturated rings. The number of benzene rings is 1. The van der Waals surface area contributed by atoms with E-state index in [9.17, 15) is 4.79 Å². The van der Waals surface area contributed by atoms with E-state index in [0.29, 0.717) is 13.1 Å². The molecule has 6 heteroatoms.